The van der Waals surface area contributed by atoms with Crippen molar-refractivity contribution in [2.24, 2.45) is 0 Å². The first-order valence-corrected chi connectivity index (χ1v) is 9.52. The van der Waals surface area contributed by atoms with Crippen LogP contribution in [0.1, 0.15) is 5.56 Å². The molecule has 1 aliphatic heterocycles. The number of carbonyl (C=O) groups excluding carboxylic acids is 2. The lowest BCUT2D eigenvalue weighted by Crippen LogP contribution is -2.54. The van der Waals surface area contributed by atoms with E-state index in [1.54, 1.807) is 36.4 Å². The molecule has 0 radical (unpaired) electrons. The van der Waals surface area contributed by atoms with Gasteiger partial charge >= 0.3 is 0 Å². The second kappa shape index (κ2) is 8.30. The average Bonchev–Trinajstić information content (AvgIpc) is 2.67. The number of carbonyl (C=O) groups is 2. The van der Waals surface area contributed by atoms with Gasteiger partial charge in [0.15, 0.2) is 16.6 Å². The van der Waals surface area contributed by atoms with Crippen molar-refractivity contribution >= 4 is 68.4 Å². The van der Waals surface area contributed by atoms with Crippen LogP contribution < -0.4 is 19.7 Å². The predicted octanol–water partition coefficient (Wildman–Crippen LogP) is 3.95. The number of hydrogen-bond donors (Lipinski definition) is 1. The van der Waals surface area contributed by atoms with E-state index in [4.69, 9.17) is 33.3 Å². The molecule has 0 aromatic heterocycles. The first kappa shape index (κ1) is 20.3. The van der Waals surface area contributed by atoms with E-state index in [1.807, 2.05) is 0 Å². The fraction of sp³-hybridized carbons (Fsp3) is 0.105. The molecular weight excluding hydrogens is 468 g/mol. The molecule has 6 nitrogen and oxygen atoms in total. The van der Waals surface area contributed by atoms with Crippen LogP contribution in [0.2, 0.25) is 5.02 Å². The van der Waals surface area contributed by atoms with Crippen LogP contribution in [-0.4, -0.2) is 31.1 Å². The minimum atomic E-state index is -0.582. The summed E-state index contributed by atoms with van der Waals surface area (Å²) in [6, 6.07) is 9.92. The van der Waals surface area contributed by atoms with Gasteiger partial charge in [-0.2, -0.15) is 0 Å². The van der Waals surface area contributed by atoms with Crippen molar-refractivity contribution in [3.8, 4) is 11.5 Å². The van der Waals surface area contributed by atoms with Crippen LogP contribution in [-0.2, 0) is 9.59 Å². The molecule has 0 spiro atoms. The molecule has 1 fully saturated rings. The fourth-order valence-corrected chi connectivity index (χ4v) is 3.46. The smallest absolute Gasteiger partial charge is 0.270 e. The standard InChI is InChI=1S/C19H14BrClN2O4S/c1-26-15-8-10(14(20)9-16(15)27-2)7-13-17(24)22-19(28)23(18(13)25)12-5-3-11(21)4-6-12/h3-9H,1-2H3,(H,22,24,28). The van der Waals surface area contributed by atoms with Gasteiger partial charge in [-0.05, 0) is 60.3 Å². The van der Waals surface area contributed by atoms with Gasteiger partial charge in [0.05, 0.1) is 19.9 Å². The van der Waals surface area contributed by atoms with E-state index in [0.29, 0.717) is 32.2 Å². The molecule has 0 atom stereocenters. The third-order valence-corrected chi connectivity index (χ3v) is 5.21. The van der Waals surface area contributed by atoms with Gasteiger partial charge in [-0.25, -0.2) is 0 Å². The second-order valence-electron chi connectivity index (χ2n) is 5.66. The summed E-state index contributed by atoms with van der Waals surface area (Å²) in [6.07, 6.45) is 1.47. The van der Waals surface area contributed by atoms with Crippen LogP contribution >= 0.6 is 39.7 Å². The van der Waals surface area contributed by atoms with Crippen molar-refractivity contribution in [3.63, 3.8) is 0 Å². The molecule has 1 heterocycles. The Bertz CT molecular complexity index is 1010. The highest BCUT2D eigenvalue weighted by Crippen LogP contribution is 2.35. The largest absolute Gasteiger partial charge is 0.493 e. The molecule has 28 heavy (non-hydrogen) atoms. The summed E-state index contributed by atoms with van der Waals surface area (Å²) in [5.74, 6) is -0.147. The van der Waals surface area contributed by atoms with Crippen LogP contribution in [0.3, 0.4) is 0 Å². The van der Waals surface area contributed by atoms with Gasteiger partial charge in [0.25, 0.3) is 11.8 Å². The van der Waals surface area contributed by atoms with E-state index in [0.717, 1.165) is 0 Å². The highest BCUT2D eigenvalue weighted by atomic mass is 79.9. The minimum absolute atomic E-state index is 0.000787. The number of hydrogen-bond acceptors (Lipinski definition) is 5. The number of halogens is 2. The predicted molar refractivity (Wildman–Crippen MR) is 115 cm³/mol. The molecule has 0 saturated carbocycles. The van der Waals surface area contributed by atoms with Gasteiger partial charge in [0.2, 0.25) is 0 Å². The number of nitrogens with one attached hydrogen (secondary N) is 1. The van der Waals surface area contributed by atoms with Gasteiger partial charge in [0, 0.05) is 9.50 Å². The number of nitrogens with zero attached hydrogens (tertiary/aromatic N) is 1. The zero-order chi connectivity index (χ0) is 20.4. The second-order valence-corrected chi connectivity index (χ2v) is 7.34. The van der Waals surface area contributed by atoms with Crippen LogP contribution in [0.15, 0.2) is 46.4 Å². The molecule has 144 valence electrons. The quantitative estimate of drug-likeness (QED) is 0.407. The molecule has 1 N–H and O–H groups in total. The van der Waals surface area contributed by atoms with Crippen LogP contribution in [0.25, 0.3) is 6.08 Å². The number of amides is 2. The third kappa shape index (κ3) is 3.89. The lowest BCUT2D eigenvalue weighted by molar-refractivity contribution is -0.122. The van der Waals surface area contributed by atoms with Crippen molar-refractivity contribution in [2.75, 3.05) is 19.1 Å². The van der Waals surface area contributed by atoms with Crippen molar-refractivity contribution in [3.05, 3.63) is 57.0 Å². The topological polar surface area (TPSA) is 67.9 Å². The minimum Gasteiger partial charge on any atom is -0.493 e. The molecule has 2 amide bonds. The van der Waals surface area contributed by atoms with E-state index >= 15 is 0 Å². The van der Waals surface area contributed by atoms with Gasteiger partial charge in [-0.3, -0.25) is 19.8 Å². The highest BCUT2D eigenvalue weighted by molar-refractivity contribution is 9.10. The maximum Gasteiger partial charge on any atom is 0.270 e. The van der Waals surface area contributed by atoms with Gasteiger partial charge in [-0.1, -0.05) is 27.5 Å². The Balaban J connectivity index is 2.05. The summed E-state index contributed by atoms with van der Waals surface area (Å²) >= 11 is 14.5. The maximum absolute atomic E-state index is 13.0. The fourth-order valence-electron chi connectivity index (χ4n) is 2.62. The average molecular weight is 482 g/mol. The molecule has 0 bridgehead atoms. The third-order valence-electron chi connectivity index (χ3n) is 3.99. The van der Waals surface area contributed by atoms with E-state index in [-0.39, 0.29) is 10.7 Å². The molecule has 1 aliphatic rings. The van der Waals surface area contributed by atoms with Crippen LogP contribution in [0.4, 0.5) is 5.69 Å². The number of anilines is 1. The van der Waals surface area contributed by atoms with Crippen molar-refractivity contribution < 1.29 is 19.1 Å². The Hall–Kier alpha value is -2.42. The first-order valence-electron chi connectivity index (χ1n) is 7.94. The monoisotopic (exact) mass is 480 g/mol. The van der Waals surface area contributed by atoms with Crippen LogP contribution in [0.5, 0.6) is 11.5 Å². The Kier molecular flexibility index (Phi) is 6.02. The number of rotatable bonds is 4. The summed E-state index contributed by atoms with van der Waals surface area (Å²) in [5, 5.41) is 3.06. The Labute approximate surface area is 180 Å². The molecule has 1 saturated heterocycles. The molecule has 2 aromatic rings. The number of ether oxygens (including phenoxy) is 2. The lowest BCUT2D eigenvalue weighted by atomic mass is 10.1. The highest BCUT2D eigenvalue weighted by Gasteiger charge is 2.34. The molecule has 0 unspecified atom stereocenters. The SMILES string of the molecule is COc1cc(Br)c(C=C2C(=O)NC(=S)N(c3ccc(Cl)cc3)C2=O)cc1OC. The van der Waals surface area contributed by atoms with Crippen LogP contribution in [0, 0.1) is 0 Å². The molecule has 0 aliphatic carbocycles. The normalized spacial score (nSPS) is 15.6. The summed E-state index contributed by atoms with van der Waals surface area (Å²) in [5.41, 5.74) is 0.994. The van der Waals surface area contributed by atoms with Crippen molar-refractivity contribution in [1.82, 2.24) is 5.32 Å². The first-order chi connectivity index (χ1) is 13.3. The van der Waals surface area contributed by atoms with E-state index in [2.05, 4.69) is 21.2 Å². The number of methoxy groups -OCH3 is 2. The number of benzene rings is 2. The molecule has 2 aromatic carbocycles. The zero-order valence-corrected chi connectivity index (χ0v) is 17.9. The van der Waals surface area contributed by atoms with E-state index in [9.17, 15) is 9.59 Å². The Morgan fingerprint density at radius 1 is 1.11 bits per heavy atom. The summed E-state index contributed by atoms with van der Waals surface area (Å²) < 4.78 is 11.2. The van der Waals surface area contributed by atoms with E-state index < -0.39 is 11.8 Å². The molecular formula is C19H14BrClN2O4S. The molecule has 9 heteroatoms. The lowest BCUT2D eigenvalue weighted by Gasteiger charge is -2.29. The van der Waals surface area contributed by atoms with Crippen molar-refractivity contribution in [1.29, 1.82) is 0 Å². The summed E-state index contributed by atoms with van der Waals surface area (Å²) in [6.45, 7) is 0. The van der Waals surface area contributed by atoms with Crippen molar-refractivity contribution in [2.45, 2.75) is 0 Å². The molecule has 3 rings (SSSR count). The Morgan fingerprint density at radius 3 is 2.32 bits per heavy atom. The van der Waals surface area contributed by atoms with Gasteiger partial charge < -0.3 is 9.47 Å². The summed E-state index contributed by atoms with van der Waals surface area (Å²) in [4.78, 5) is 26.7. The van der Waals surface area contributed by atoms with Gasteiger partial charge in [0.1, 0.15) is 5.57 Å². The summed E-state index contributed by atoms with van der Waals surface area (Å²) in [7, 11) is 3.02. The maximum atomic E-state index is 13.0. The Morgan fingerprint density at radius 2 is 1.71 bits per heavy atom. The van der Waals surface area contributed by atoms with E-state index in [1.165, 1.54) is 25.2 Å². The number of thiocarbonyl (C=S) groups is 1. The van der Waals surface area contributed by atoms with Gasteiger partial charge in [-0.15, -0.1) is 0 Å². The zero-order valence-electron chi connectivity index (χ0n) is 14.8.